The van der Waals surface area contributed by atoms with Crippen LogP contribution in [0.2, 0.25) is 0 Å². The van der Waals surface area contributed by atoms with Crippen LogP contribution >= 0.6 is 0 Å². The number of para-hydroxylation sites is 2. The van der Waals surface area contributed by atoms with Gasteiger partial charge >= 0.3 is 5.97 Å². The predicted molar refractivity (Wildman–Crippen MR) is 75.7 cm³/mol. The third-order valence-electron chi connectivity index (χ3n) is 2.78. The molecule has 0 aliphatic heterocycles. The Bertz CT molecular complexity index is 462. The van der Waals surface area contributed by atoms with Crippen molar-refractivity contribution in [2.75, 3.05) is 18.5 Å². The van der Waals surface area contributed by atoms with Gasteiger partial charge in [0.25, 0.3) is 0 Å². The number of carbonyl (C=O) groups excluding carboxylic acids is 1. The van der Waals surface area contributed by atoms with E-state index in [-0.39, 0.29) is 5.91 Å². The number of rotatable bonds is 8. The van der Waals surface area contributed by atoms with Crippen molar-refractivity contribution in [1.29, 1.82) is 0 Å². The highest BCUT2D eigenvalue weighted by atomic mass is 16.5. The third kappa shape index (κ3) is 5.71. The smallest absolute Gasteiger partial charge is 0.341 e. The van der Waals surface area contributed by atoms with Crippen molar-refractivity contribution in [1.82, 2.24) is 0 Å². The van der Waals surface area contributed by atoms with Gasteiger partial charge in [-0.15, -0.1) is 0 Å². The summed E-state index contributed by atoms with van der Waals surface area (Å²) in [5, 5.41) is 11.3. The van der Waals surface area contributed by atoms with Crippen molar-refractivity contribution in [2.24, 2.45) is 11.7 Å². The molecule has 1 aromatic rings. The molecule has 1 aromatic carbocycles. The van der Waals surface area contributed by atoms with Crippen molar-refractivity contribution in [3.63, 3.8) is 0 Å². The van der Waals surface area contributed by atoms with Gasteiger partial charge in [-0.2, -0.15) is 0 Å². The summed E-state index contributed by atoms with van der Waals surface area (Å²) in [5.74, 6) is -0.575. The Balaban J connectivity index is 2.57. The minimum Gasteiger partial charge on any atom is -0.480 e. The van der Waals surface area contributed by atoms with Gasteiger partial charge in [-0.1, -0.05) is 19.1 Å². The van der Waals surface area contributed by atoms with E-state index in [4.69, 9.17) is 15.6 Å². The number of benzene rings is 1. The lowest BCUT2D eigenvalue weighted by Gasteiger charge is -2.12. The first kappa shape index (κ1) is 16.0. The zero-order valence-electron chi connectivity index (χ0n) is 11.5. The van der Waals surface area contributed by atoms with Crippen molar-refractivity contribution in [2.45, 2.75) is 19.8 Å². The van der Waals surface area contributed by atoms with Crippen LogP contribution in [0.15, 0.2) is 24.3 Å². The van der Waals surface area contributed by atoms with Crippen LogP contribution < -0.4 is 15.8 Å². The van der Waals surface area contributed by atoms with Crippen LogP contribution in [0.5, 0.6) is 5.75 Å². The fourth-order valence-corrected chi connectivity index (χ4v) is 1.54. The van der Waals surface area contributed by atoms with Gasteiger partial charge in [0, 0.05) is 6.42 Å². The Morgan fingerprint density at radius 3 is 2.75 bits per heavy atom. The molecule has 0 fully saturated rings. The molecule has 0 heterocycles. The van der Waals surface area contributed by atoms with Gasteiger partial charge in [0.05, 0.1) is 5.69 Å². The third-order valence-corrected chi connectivity index (χ3v) is 2.78. The lowest BCUT2D eigenvalue weighted by atomic mass is 10.1. The van der Waals surface area contributed by atoms with Crippen molar-refractivity contribution < 1.29 is 19.4 Å². The second kappa shape index (κ2) is 8.16. The van der Waals surface area contributed by atoms with E-state index in [2.05, 4.69) is 5.32 Å². The molecule has 0 saturated carbocycles. The van der Waals surface area contributed by atoms with Crippen LogP contribution in [0, 0.1) is 5.92 Å². The number of nitrogens with one attached hydrogen (secondary N) is 1. The van der Waals surface area contributed by atoms with E-state index in [1.807, 2.05) is 6.92 Å². The molecule has 0 spiro atoms. The second-order valence-electron chi connectivity index (χ2n) is 4.61. The number of carboxylic acids is 1. The maximum Gasteiger partial charge on any atom is 0.341 e. The number of carboxylic acid groups (broad SMARTS) is 1. The first-order chi connectivity index (χ1) is 9.52. The molecule has 1 atom stereocenters. The number of nitrogens with two attached hydrogens (primary N) is 1. The maximum absolute atomic E-state index is 11.8. The molecule has 6 heteroatoms. The standard InChI is InChI=1S/C14H20N2O4/c1-10(8-15)6-7-13(17)16-11-4-2-3-5-12(11)20-9-14(18)19/h2-5,10H,6-9,15H2,1H3,(H,16,17)(H,18,19). The predicted octanol–water partition coefficient (Wildman–Crippen LogP) is 1.46. The summed E-state index contributed by atoms with van der Waals surface area (Å²) in [4.78, 5) is 22.3. The molecule has 0 bridgehead atoms. The summed E-state index contributed by atoms with van der Waals surface area (Å²) in [5.41, 5.74) is 5.97. The maximum atomic E-state index is 11.8. The first-order valence-corrected chi connectivity index (χ1v) is 6.46. The number of hydrogen-bond acceptors (Lipinski definition) is 4. The van der Waals surface area contributed by atoms with E-state index in [1.165, 1.54) is 0 Å². The summed E-state index contributed by atoms with van der Waals surface area (Å²) in [6.45, 7) is 2.08. The number of aliphatic carboxylic acids is 1. The van der Waals surface area contributed by atoms with Crippen LogP contribution in [-0.2, 0) is 9.59 Å². The number of hydrogen-bond donors (Lipinski definition) is 3. The molecule has 0 radical (unpaired) electrons. The highest BCUT2D eigenvalue weighted by molar-refractivity contribution is 5.92. The van der Waals surface area contributed by atoms with E-state index >= 15 is 0 Å². The topological polar surface area (TPSA) is 102 Å². The molecule has 1 amide bonds. The van der Waals surface area contributed by atoms with E-state index in [0.717, 1.165) is 0 Å². The molecule has 110 valence electrons. The molecule has 20 heavy (non-hydrogen) atoms. The minimum absolute atomic E-state index is 0.142. The van der Waals surface area contributed by atoms with Crippen molar-refractivity contribution in [3.8, 4) is 5.75 Å². The van der Waals surface area contributed by atoms with Crippen molar-refractivity contribution >= 4 is 17.6 Å². The Labute approximate surface area is 117 Å². The van der Waals surface area contributed by atoms with Gasteiger partial charge in [-0.25, -0.2) is 4.79 Å². The van der Waals surface area contributed by atoms with Gasteiger partial charge in [-0.05, 0) is 31.0 Å². The van der Waals surface area contributed by atoms with Crippen LogP contribution in [-0.4, -0.2) is 30.1 Å². The average molecular weight is 280 g/mol. The lowest BCUT2D eigenvalue weighted by Crippen LogP contribution is -2.17. The van der Waals surface area contributed by atoms with Gasteiger partial charge in [-0.3, -0.25) is 4.79 Å². The second-order valence-corrected chi connectivity index (χ2v) is 4.61. The van der Waals surface area contributed by atoms with Gasteiger partial charge in [0.1, 0.15) is 5.75 Å². The van der Waals surface area contributed by atoms with Gasteiger partial charge < -0.3 is 20.9 Å². The quantitative estimate of drug-likeness (QED) is 0.669. The van der Waals surface area contributed by atoms with Crippen LogP contribution in [0.1, 0.15) is 19.8 Å². The molecule has 0 aliphatic rings. The summed E-state index contributed by atoms with van der Waals surface area (Å²) in [6.07, 6.45) is 1.08. The van der Waals surface area contributed by atoms with E-state index in [0.29, 0.717) is 36.7 Å². The van der Waals surface area contributed by atoms with E-state index < -0.39 is 12.6 Å². The number of carbonyl (C=O) groups is 2. The fraction of sp³-hybridized carbons (Fsp3) is 0.429. The summed E-state index contributed by atoms with van der Waals surface area (Å²) >= 11 is 0. The Hall–Kier alpha value is -2.08. The Morgan fingerprint density at radius 1 is 1.40 bits per heavy atom. The summed E-state index contributed by atoms with van der Waals surface area (Å²) < 4.78 is 5.11. The number of ether oxygens (including phenoxy) is 1. The molecule has 0 aliphatic carbocycles. The largest absolute Gasteiger partial charge is 0.480 e. The SMILES string of the molecule is CC(CN)CCC(=O)Nc1ccccc1OCC(=O)O. The molecule has 1 unspecified atom stereocenters. The molecule has 4 N–H and O–H groups in total. The summed E-state index contributed by atoms with van der Waals surface area (Å²) in [7, 11) is 0. The first-order valence-electron chi connectivity index (χ1n) is 6.46. The highest BCUT2D eigenvalue weighted by Gasteiger charge is 2.10. The molecular weight excluding hydrogens is 260 g/mol. The zero-order valence-corrected chi connectivity index (χ0v) is 11.5. The van der Waals surface area contributed by atoms with Crippen LogP contribution in [0.4, 0.5) is 5.69 Å². The molecule has 6 nitrogen and oxygen atoms in total. The normalized spacial score (nSPS) is 11.7. The van der Waals surface area contributed by atoms with Crippen molar-refractivity contribution in [3.05, 3.63) is 24.3 Å². The van der Waals surface area contributed by atoms with Crippen LogP contribution in [0.3, 0.4) is 0 Å². The molecular formula is C14H20N2O4. The number of amides is 1. The molecule has 1 rings (SSSR count). The Morgan fingerprint density at radius 2 is 2.10 bits per heavy atom. The minimum atomic E-state index is -1.07. The monoisotopic (exact) mass is 280 g/mol. The van der Waals surface area contributed by atoms with Crippen LogP contribution in [0.25, 0.3) is 0 Å². The fourth-order valence-electron chi connectivity index (χ4n) is 1.54. The van der Waals surface area contributed by atoms with E-state index in [1.54, 1.807) is 24.3 Å². The zero-order chi connectivity index (χ0) is 15.0. The Kier molecular flexibility index (Phi) is 6.52. The van der Waals surface area contributed by atoms with E-state index in [9.17, 15) is 9.59 Å². The highest BCUT2D eigenvalue weighted by Crippen LogP contribution is 2.24. The summed E-state index contributed by atoms with van der Waals surface area (Å²) in [6, 6.07) is 6.73. The van der Waals surface area contributed by atoms with Gasteiger partial charge in [0.15, 0.2) is 6.61 Å². The molecule has 0 saturated heterocycles. The average Bonchev–Trinajstić information content (AvgIpc) is 2.43. The molecule has 0 aromatic heterocycles. The lowest BCUT2D eigenvalue weighted by molar-refractivity contribution is -0.139. The number of anilines is 1. The van der Waals surface area contributed by atoms with Gasteiger partial charge in [0.2, 0.25) is 5.91 Å².